The van der Waals surface area contributed by atoms with Crippen LogP contribution in [0.4, 0.5) is 5.69 Å². The van der Waals surface area contributed by atoms with Crippen LogP contribution in [0.15, 0.2) is 59.5 Å². The van der Waals surface area contributed by atoms with Crippen LogP contribution in [-0.4, -0.2) is 29.3 Å². The lowest BCUT2D eigenvalue weighted by atomic mass is 9.70. The molecule has 5 nitrogen and oxygen atoms in total. The number of carbonyl (C=O) groups is 1. The number of carboxylic acid groups (broad SMARTS) is 1. The molecule has 5 rings (SSSR count). The van der Waals surface area contributed by atoms with Gasteiger partial charge in [-0.1, -0.05) is 31.4 Å². The summed E-state index contributed by atoms with van der Waals surface area (Å²) < 4.78 is 7.87. The lowest BCUT2D eigenvalue weighted by molar-refractivity contribution is -0.139. The van der Waals surface area contributed by atoms with E-state index < -0.39 is 5.97 Å². The summed E-state index contributed by atoms with van der Waals surface area (Å²) >= 11 is 1.75. The van der Waals surface area contributed by atoms with Gasteiger partial charge >= 0.3 is 5.97 Å². The Kier molecular flexibility index (Phi) is 6.41. The Morgan fingerprint density at radius 2 is 1.80 bits per heavy atom. The zero-order valence-corrected chi connectivity index (χ0v) is 21.0. The molecular weight excluding hydrogens is 458 g/mol. The predicted octanol–water partition coefficient (Wildman–Crippen LogP) is 6.87. The molecule has 0 radical (unpaired) electrons. The number of rotatable bonds is 6. The lowest BCUT2D eigenvalue weighted by Crippen LogP contribution is -2.33. The number of anilines is 1. The Balaban J connectivity index is 1.50. The third-order valence-corrected chi connectivity index (χ3v) is 8.27. The molecule has 3 aromatic carbocycles. The predicted molar refractivity (Wildman–Crippen MR) is 141 cm³/mol. The summed E-state index contributed by atoms with van der Waals surface area (Å²) in [6, 6.07) is 18.1. The van der Waals surface area contributed by atoms with Gasteiger partial charge in [-0.15, -0.1) is 0 Å². The molecule has 0 unspecified atom stereocenters. The second-order valence-electron chi connectivity index (χ2n) is 9.82. The number of phenols is 1. The van der Waals surface area contributed by atoms with Gasteiger partial charge in [0.25, 0.3) is 0 Å². The fraction of sp³-hybridized carbons (Fsp3) is 0.345. The maximum Gasteiger partial charge on any atom is 0.341 e. The molecule has 0 atom stereocenters. The second-order valence-corrected chi connectivity index (χ2v) is 10.9. The van der Waals surface area contributed by atoms with E-state index in [0.29, 0.717) is 5.75 Å². The van der Waals surface area contributed by atoms with Gasteiger partial charge < -0.3 is 19.3 Å². The van der Waals surface area contributed by atoms with Gasteiger partial charge in [-0.3, -0.25) is 0 Å². The van der Waals surface area contributed by atoms with E-state index in [4.69, 9.17) is 9.84 Å². The van der Waals surface area contributed by atoms with Crippen molar-refractivity contribution in [2.24, 2.45) is 0 Å². The van der Waals surface area contributed by atoms with E-state index in [1.807, 2.05) is 31.2 Å². The first-order valence-electron chi connectivity index (χ1n) is 12.2. The summed E-state index contributed by atoms with van der Waals surface area (Å²) in [5.41, 5.74) is 7.27. The van der Waals surface area contributed by atoms with Gasteiger partial charge in [-0.05, 0) is 109 Å². The fourth-order valence-corrected chi connectivity index (χ4v) is 6.91. The minimum absolute atomic E-state index is 0.151. The van der Waals surface area contributed by atoms with Crippen molar-refractivity contribution in [1.29, 1.82) is 0 Å². The zero-order chi connectivity index (χ0) is 24.6. The number of benzene rings is 3. The summed E-state index contributed by atoms with van der Waals surface area (Å²) in [4.78, 5) is 12.0. The number of carboxylic acids is 1. The van der Waals surface area contributed by atoms with Crippen LogP contribution in [0.3, 0.4) is 0 Å². The monoisotopic (exact) mass is 489 g/mol. The van der Waals surface area contributed by atoms with E-state index in [1.54, 1.807) is 18.0 Å². The van der Waals surface area contributed by atoms with Crippen molar-refractivity contribution in [2.75, 3.05) is 17.5 Å². The second kappa shape index (κ2) is 9.50. The average molecular weight is 490 g/mol. The van der Waals surface area contributed by atoms with Crippen LogP contribution in [0.2, 0.25) is 0 Å². The van der Waals surface area contributed by atoms with Crippen LogP contribution in [-0.2, 0) is 10.2 Å². The largest absolute Gasteiger partial charge is 0.508 e. The minimum Gasteiger partial charge on any atom is -0.508 e. The van der Waals surface area contributed by atoms with Gasteiger partial charge in [-0.25, -0.2) is 4.79 Å². The minimum atomic E-state index is -0.977. The molecule has 0 saturated heterocycles. The summed E-state index contributed by atoms with van der Waals surface area (Å²) in [7, 11) is 0. The molecule has 0 amide bonds. The van der Waals surface area contributed by atoms with E-state index in [-0.39, 0.29) is 17.8 Å². The first-order chi connectivity index (χ1) is 16.8. The van der Waals surface area contributed by atoms with Crippen LogP contribution < -0.4 is 9.04 Å². The van der Waals surface area contributed by atoms with Crippen molar-refractivity contribution < 1.29 is 19.7 Å². The van der Waals surface area contributed by atoms with Gasteiger partial charge in [0.2, 0.25) is 0 Å². The van der Waals surface area contributed by atoms with E-state index in [9.17, 15) is 9.90 Å². The lowest BCUT2D eigenvalue weighted by Gasteiger charge is -2.34. The topological polar surface area (TPSA) is 70.0 Å². The molecule has 1 aliphatic heterocycles. The van der Waals surface area contributed by atoms with Crippen LogP contribution in [0, 0.1) is 13.8 Å². The molecule has 35 heavy (non-hydrogen) atoms. The fourth-order valence-electron chi connectivity index (χ4n) is 5.65. The molecule has 6 heteroatoms. The van der Waals surface area contributed by atoms with Gasteiger partial charge in [0, 0.05) is 16.9 Å². The number of aromatic hydroxyl groups is 1. The zero-order valence-electron chi connectivity index (χ0n) is 20.2. The van der Waals surface area contributed by atoms with E-state index >= 15 is 0 Å². The van der Waals surface area contributed by atoms with E-state index in [0.717, 1.165) is 28.1 Å². The first-order valence-corrected chi connectivity index (χ1v) is 13.0. The maximum absolute atomic E-state index is 10.9. The number of hydrogen-bond acceptors (Lipinski definition) is 5. The Morgan fingerprint density at radius 1 is 1.00 bits per heavy atom. The molecule has 182 valence electrons. The van der Waals surface area contributed by atoms with Crippen LogP contribution in [0.25, 0.3) is 11.1 Å². The highest BCUT2D eigenvalue weighted by Gasteiger charge is 2.44. The highest BCUT2D eigenvalue weighted by Crippen LogP contribution is 2.54. The quantitative estimate of drug-likeness (QED) is 0.368. The highest BCUT2D eigenvalue weighted by atomic mass is 32.2. The van der Waals surface area contributed by atoms with Crippen molar-refractivity contribution in [3.8, 4) is 22.6 Å². The summed E-state index contributed by atoms with van der Waals surface area (Å²) in [5.74, 6) is -0.0829. The molecule has 2 aliphatic rings. The number of nitrogens with zero attached hydrogens (tertiary/aromatic N) is 1. The van der Waals surface area contributed by atoms with Crippen LogP contribution in [0.1, 0.15) is 48.8 Å². The molecule has 1 saturated carbocycles. The molecule has 2 N–H and O–H groups in total. The Bertz CT molecular complexity index is 1270. The van der Waals surface area contributed by atoms with Crippen LogP contribution >= 0.6 is 11.9 Å². The van der Waals surface area contributed by atoms with Crippen molar-refractivity contribution in [3.63, 3.8) is 0 Å². The summed E-state index contributed by atoms with van der Waals surface area (Å²) in [6.07, 6.45) is 6.19. The smallest absolute Gasteiger partial charge is 0.341 e. The van der Waals surface area contributed by atoms with Gasteiger partial charge in [0.15, 0.2) is 6.61 Å². The molecule has 1 aliphatic carbocycles. The van der Waals surface area contributed by atoms with Crippen molar-refractivity contribution in [3.05, 3.63) is 71.3 Å². The van der Waals surface area contributed by atoms with E-state index in [2.05, 4.69) is 35.5 Å². The SMILES string of the molecule is Cc1cc(SN2CC3(CCCCC3)c3cc(-c4cccc(O)c4)cc(C)c32)ccc1OCC(=O)O. The molecule has 1 heterocycles. The molecule has 0 aromatic heterocycles. The average Bonchev–Trinajstić information content (AvgIpc) is 3.11. The van der Waals surface area contributed by atoms with Crippen LogP contribution in [0.5, 0.6) is 11.5 Å². The van der Waals surface area contributed by atoms with Crippen molar-refractivity contribution in [2.45, 2.75) is 56.3 Å². The van der Waals surface area contributed by atoms with Crippen molar-refractivity contribution >= 4 is 23.6 Å². The first kappa shape index (κ1) is 23.6. The number of aryl methyl sites for hydroxylation is 2. The number of hydrogen-bond donors (Lipinski definition) is 2. The molecule has 3 aromatic rings. The molecular formula is C29H31NO4S. The normalized spacial score (nSPS) is 16.3. The number of aliphatic carboxylic acids is 1. The summed E-state index contributed by atoms with van der Waals surface area (Å²) in [6.45, 7) is 4.78. The highest BCUT2D eigenvalue weighted by molar-refractivity contribution is 8.00. The van der Waals surface area contributed by atoms with Gasteiger partial charge in [0.1, 0.15) is 11.5 Å². The third kappa shape index (κ3) is 4.72. The van der Waals surface area contributed by atoms with Gasteiger partial charge in [-0.2, -0.15) is 0 Å². The third-order valence-electron chi connectivity index (χ3n) is 7.27. The maximum atomic E-state index is 10.9. The van der Waals surface area contributed by atoms with Crippen molar-refractivity contribution in [1.82, 2.24) is 0 Å². The van der Waals surface area contributed by atoms with Gasteiger partial charge in [0.05, 0.1) is 5.69 Å². The Hall–Kier alpha value is -3.12. The number of phenolic OH excluding ortho intramolecular Hbond substituents is 1. The molecule has 0 bridgehead atoms. The molecule has 1 fully saturated rings. The molecule has 1 spiro atoms. The summed E-state index contributed by atoms with van der Waals surface area (Å²) in [5, 5.41) is 18.9. The number of fused-ring (bicyclic) bond motifs is 2. The Labute approximate surface area is 210 Å². The van der Waals surface area contributed by atoms with E-state index in [1.165, 1.54) is 48.9 Å². The standard InChI is InChI=1S/C29H31NO4S/c1-19-14-24(9-10-26(19)34-17-27(32)33)35-30-18-29(11-4-3-5-12-29)25-16-22(13-20(2)28(25)30)21-7-6-8-23(31)15-21/h6-10,13-16,31H,3-5,11-12,17-18H2,1-2H3,(H,32,33). The number of ether oxygens (including phenoxy) is 1. The Morgan fingerprint density at radius 3 is 2.51 bits per heavy atom.